The molecule has 110 valence electrons. The zero-order valence-corrected chi connectivity index (χ0v) is 13.0. The highest BCUT2D eigenvalue weighted by Gasteiger charge is 2.13. The summed E-state index contributed by atoms with van der Waals surface area (Å²) >= 11 is 3.12. The molecule has 0 saturated carbocycles. The van der Waals surface area contributed by atoms with Crippen molar-refractivity contribution >= 4 is 23.1 Å². The second kappa shape index (κ2) is 6.37. The molecule has 0 aromatic carbocycles. The van der Waals surface area contributed by atoms with Crippen LogP contribution in [0.2, 0.25) is 0 Å². The van der Waals surface area contributed by atoms with Gasteiger partial charge in [-0.15, -0.1) is 10.2 Å². The van der Waals surface area contributed by atoms with Crippen LogP contribution in [-0.2, 0) is 18.8 Å². The number of nitrogens with zero attached hydrogens (tertiary/aromatic N) is 5. The number of nitrogens with two attached hydrogens (primary N) is 1. The van der Waals surface area contributed by atoms with Crippen molar-refractivity contribution in [2.24, 2.45) is 5.73 Å². The third kappa shape index (κ3) is 2.99. The first-order valence-corrected chi connectivity index (χ1v) is 8.34. The Balaban J connectivity index is 1.69. The molecule has 0 fully saturated rings. The van der Waals surface area contributed by atoms with Crippen LogP contribution in [0.4, 0.5) is 0 Å². The van der Waals surface area contributed by atoms with E-state index in [0.29, 0.717) is 24.0 Å². The summed E-state index contributed by atoms with van der Waals surface area (Å²) in [6.07, 6.45) is 0. The molecule has 9 heteroatoms. The van der Waals surface area contributed by atoms with E-state index < -0.39 is 0 Å². The summed E-state index contributed by atoms with van der Waals surface area (Å²) in [6, 6.07) is 1.97. The maximum atomic E-state index is 5.63. The zero-order chi connectivity index (χ0) is 14.7. The second-order valence-electron chi connectivity index (χ2n) is 4.16. The van der Waals surface area contributed by atoms with Gasteiger partial charge in [0.15, 0.2) is 5.16 Å². The topological polar surface area (TPSA) is 95.7 Å². The first kappa shape index (κ1) is 14.2. The van der Waals surface area contributed by atoms with E-state index in [1.807, 2.05) is 28.3 Å². The summed E-state index contributed by atoms with van der Waals surface area (Å²) in [5.41, 5.74) is 6.61. The van der Waals surface area contributed by atoms with Crippen LogP contribution in [0, 0.1) is 0 Å². The highest BCUT2D eigenvalue weighted by Crippen LogP contribution is 2.23. The lowest BCUT2D eigenvalue weighted by Crippen LogP contribution is -2.08. The predicted octanol–water partition coefficient (Wildman–Crippen LogP) is 2.16. The number of rotatable bonds is 6. The van der Waals surface area contributed by atoms with E-state index in [0.717, 1.165) is 23.1 Å². The van der Waals surface area contributed by atoms with Gasteiger partial charge in [0, 0.05) is 17.5 Å². The largest absolute Gasteiger partial charge is 0.338 e. The van der Waals surface area contributed by atoms with E-state index in [2.05, 4.69) is 20.3 Å². The molecule has 0 saturated heterocycles. The number of hydrogen-bond donors (Lipinski definition) is 1. The molecule has 7 nitrogen and oxygen atoms in total. The summed E-state index contributed by atoms with van der Waals surface area (Å²) in [4.78, 5) is 4.38. The Labute approximate surface area is 129 Å². The van der Waals surface area contributed by atoms with Gasteiger partial charge in [-0.3, -0.25) is 0 Å². The molecule has 0 aliphatic carbocycles. The first-order chi connectivity index (χ1) is 10.3. The molecule has 2 N–H and O–H groups in total. The fourth-order valence-electron chi connectivity index (χ4n) is 1.84. The lowest BCUT2D eigenvalue weighted by Gasteiger charge is -2.04. The Bertz CT molecular complexity index is 705. The second-order valence-corrected chi connectivity index (χ2v) is 5.88. The molecular weight excluding hydrogens is 308 g/mol. The van der Waals surface area contributed by atoms with Crippen LogP contribution in [0.5, 0.6) is 0 Å². The molecule has 0 radical (unpaired) electrons. The third-order valence-corrected chi connectivity index (χ3v) is 4.50. The Hall–Kier alpha value is -1.71. The number of thiophene rings is 1. The predicted molar refractivity (Wildman–Crippen MR) is 80.8 cm³/mol. The Morgan fingerprint density at radius 1 is 1.43 bits per heavy atom. The van der Waals surface area contributed by atoms with Gasteiger partial charge >= 0.3 is 0 Å². The van der Waals surface area contributed by atoms with Gasteiger partial charge in [0.05, 0.1) is 12.3 Å². The van der Waals surface area contributed by atoms with Gasteiger partial charge in [-0.25, -0.2) is 0 Å². The summed E-state index contributed by atoms with van der Waals surface area (Å²) in [7, 11) is 0. The Morgan fingerprint density at radius 2 is 2.33 bits per heavy atom. The molecule has 21 heavy (non-hydrogen) atoms. The quantitative estimate of drug-likeness (QED) is 0.695. The molecule has 0 amide bonds. The van der Waals surface area contributed by atoms with Crippen LogP contribution in [0.3, 0.4) is 0 Å². The lowest BCUT2D eigenvalue weighted by molar-refractivity contribution is 0.391. The van der Waals surface area contributed by atoms with Gasteiger partial charge in [-0.05, 0) is 18.4 Å². The minimum absolute atomic E-state index is 0.379. The van der Waals surface area contributed by atoms with Crippen molar-refractivity contribution in [2.75, 3.05) is 0 Å². The fraction of sp³-hybridized carbons (Fsp3) is 0.333. The maximum absolute atomic E-state index is 5.63. The molecule has 3 rings (SSSR count). The molecule has 0 bridgehead atoms. The smallest absolute Gasteiger partial charge is 0.237 e. The molecule has 0 aliphatic heterocycles. The van der Waals surface area contributed by atoms with Crippen molar-refractivity contribution in [3.63, 3.8) is 0 Å². The minimum atomic E-state index is 0.379. The molecule has 3 aromatic rings. The zero-order valence-electron chi connectivity index (χ0n) is 11.4. The molecule has 0 unspecified atom stereocenters. The van der Waals surface area contributed by atoms with E-state index in [1.165, 1.54) is 11.8 Å². The minimum Gasteiger partial charge on any atom is -0.338 e. The summed E-state index contributed by atoms with van der Waals surface area (Å²) in [5, 5.41) is 17.0. The van der Waals surface area contributed by atoms with Gasteiger partial charge in [0.2, 0.25) is 11.7 Å². The van der Waals surface area contributed by atoms with E-state index in [1.54, 1.807) is 11.3 Å². The van der Waals surface area contributed by atoms with Crippen molar-refractivity contribution in [3.8, 4) is 11.4 Å². The molecule has 3 aromatic heterocycles. The van der Waals surface area contributed by atoms with Gasteiger partial charge in [0.1, 0.15) is 5.82 Å². The summed E-state index contributed by atoms with van der Waals surface area (Å²) in [6.45, 7) is 3.20. The highest BCUT2D eigenvalue weighted by atomic mass is 32.2. The number of aromatic nitrogens is 5. The molecule has 0 atom stereocenters. The van der Waals surface area contributed by atoms with E-state index >= 15 is 0 Å². The number of hydrogen-bond acceptors (Lipinski definition) is 8. The molecule has 0 spiro atoms. The van der Waals surface area contributed by atoms with Gasteiger partial charge in [-0.2, -0.15) is 16.3 Å². The average molecular weight is 322 g/mol. The summed E-state index contributed by atoms with van der Waals surface area (Å²) in [5.74, 6) is 2.52. The van der Waals surface area contributed by atoms with Crippen LogP contribution in [0.15, 0.2) is 26.5 Å². The van der Waals surface area contributed by atoms with Gasteiger partial charge in [-0.1, -0.05) is 16.9 Å². The van der Waals surface area contributed by atoms with Crippen molar-refractivity contribution in [3.05, 3.63) is 28.5 Å². The van der Waals surface area contributed by atoms with Crippen LogP contribution < -0.4 is 5.73 Å². The van der Waals surface area contributed by atoms with Crippen LogP contribution in [0.1, 0.15) is 18.6 Å². The maximum Gasteiger partial charge on any atom is 0.237 e. The van der Waals surface area contributed by atoms with Gasteiger partial charge in [0.25, 0.3) is 0 Å². The third-order valence-electron chi connectivity index (χ3n) is 2.86. The molecule has 3 heterocycles. The SMILES string of the molecule is CCn1c(CN)nnc1SCc1nc(-c2ccsc2)no1. The number of thioether (sulfide) groups is 1. The average Bonchev–Trinajstić information content (AvgIpc) is 3.23. The normalized spacial score (nSPS) is 11.1. The van der Waals surface area contributed by atoms with Crippen LogP contribution >= 0.6 is 23.1 Å². The standard InChI is InChI=1S/C12H14N6OS2/c1-2-18-9(5-13)15-16-12(18)21-7-10-14-11(17-19-10)8-3-4-20-6-8/h3-4,6H,2,5,7,13H2,1H3. The van der Waals surface area contributed by atoms with Crippen LogP contribution in [0.25, 0.3) is 11.4 Å². The first-order valence-electron chi connectivity index (χ1n) is 6.42. The van der Waals surface area contributed by atoms with E-state index in [4.69, 9.17) is 10.3 Å². The van der Waals surface area contributed by atoms with Crippen LogP contribution in [-0.4, -0.2) is 24.9 Å². The highest BCUT2D eigenvalue weighted by molar-refractivity contribution is 7.98. The molecular formula is C12H14N6OS2. The van der Waals surface area contributed by atoms with Gasteiger partial charge < -0.3 is 14.8 Å². The lowest BCUT2D eigenvalue weighted by atomic mass is 10.3. The fourth-order valence-corrected chi connectivity index (χ4v) is 3.34. The monoisotopic (exact) mass is 322 g/mol. The van der Waals surface area contributed by atoms with E-state index in [-0.39, 0.29) is 0 Å². The Kier molecular flexibility index (Phi) is 4.32. The van der Waals surface area contributed by atoms with E-state index in [9.17, 15) is 0 Å². The molecule has 0 aliphatic rings. The van der Waals surface area contributed by atoms with Crippen molar-refractivity contribution in [2.45, 2.75) is 30.9 Å². The van der Waals surface area contributed by atoms with Crippen molar-refractivity contribution < 1.29 is 4.52 Å². The van der Waals surface area contributed by atoms with Crippen molar-refractivity contribution in [1.29, 1.82) is 0 Å². The summed E-state index contributed by atoms with van der Waals surface area (Å²) < 4.78 is 7.24. The van der Waals surface area contributed by atoms with Crippen molar-refractivity contribution in [1.82, 2.24) is 24.9 Å². The Morgan fingerprint density at radius 3 is 3.05 bits per heavy atom.